The van der Waals surface area contributed by atoms with Crippen LogP contribution in [0.1, 0.15) is 0 Å². The summed E-state index contributed by atoms with van der Waals surface area (Å²) >= 11 is 0. The third-order valence-corrected chi connectivity index (χ3v) is 1.46. The lowest BCUT2D eigenvalue weighted by Gasteiger charge is -1.95. The Balaban J connectivity index is 0.00000144. The van der Waals surface area contributed by atoms with E-state index in [1.807, 2.05) is 0 Å². The van der Waals surface area contributed by atoms with Gasteiger partial charge in [-0.15, -0.1) is 0 Å². The van der Waals surface area contributed by atoms with Crippen LogP contribution >= 0.6 is 0 Å². The maximum Gasteiger partial charge on any atom is 0.372 e. The highest BCUT2D eigenvalue weighted by Crippen LogP contribution is 1.93. The smallest absolute Gasteiger partial charge is 0.372 e. The summed E-state index contributed by atoms with van der Waals surface area (Å²) in [6.45, 7) is 0.219. The van der Waals surface area contributed by atoms with Crippen LogP contribution in [0.5, 0.6) is 0 Å². The quantitative estimate of drug-likeness (QED) is 0.405. The summed E-state index contributed by atoms with van der Waals surface area (Å²) in [5.41, 5.74) is 6.14. The molecule has 1 aromatic rings. The molecule has 0 aromatic carbocycles. The number of nitrogens with zero attached hydrogens (tertiary/aromatic N) is 1. The second-order valence-electron chi connectivity index (χ2n) is 2.38. The molecule has 0 spiro atoms. The number of aromatic nitrogens is 1. The monoisotopic (exact) mass is 202 g/mol. The van der Waals surface area contributed by atoms with Crippen molar-refractivity contribution in [2.24, 2.45) is 0 Å². The Kier molecular flexibility index (Phi) is 4.84. The third-order valence-electron chi connectivity index (χ3n) is 1.46. The highest BCUT2D eigenvalue weighted by molar-refractivity contribution is 5.67. The molecule has 0 radical (unpaired) electrons. The minimum Gasteiger partial charge on any atom is -1.00 e. The van der Waals surface area contributed by atoms with Gasteiger partial charge in [0, 0.05) is 17.8 Å². The van der Waals surface area contributed by atoms with Crippen LogP contribution in [0.3, 0.4) is 0 Å². The summed E-state index contributed by atoms with van der Waals surface area (Å²) in [4.78, 5) is 10.8. The maximum atomic E-state index is 10.8. The molecular weight excluding hydrogens is 192 g/mol. The lowest BCUT2D eigenvalue weighted by Crippen LogP contribution is -3.00. The first-order valence-corrected chi connectivity index (χ1v) is 3.54. The van der Waals surface area contributed by atoms with Crippen LogP contribution in [0.4, 0.5) is 5.69 Å². The SMILES string of the molecule is COC(=O)C[n+]1ccc(N)cc1.[Cl-]. The fraction of sp³-hybridized carbons (Fsp3) is 0.250. The van der Waals surface area contributed by atoms with Crippen molar-refractivity contribution in [1.82, 2.24) is 0 Å². The van der Waals surface area contributed by atoms with E-state index in [0.29, 0.717) is 5.69 Å². The minimum atomic E-state index is -0.273. The zero-order valence-corrected chi connectivity index (χ0v) is 7.99. The molecule has 0 fully saturated rings. The minimum absolute atomic E-state index is 0. The van der Waals surface area contributed by atoms with Gasteiger partial charge in [-0.25, -0.2) is 4.79 Å². The number of anilines is 1. The number of hydrogen-bond donors (Lipinski definition) is 1. The van der Waals surface area contributed by atoms with Crippen LogP contribution in [0.15, 0.2) is 24.5 Å². The molecule has 1 aromatic heterocycles. The van der Waals surface area contributed by atoms with Crippen molar-refractivity contribution in [3.05, 3.63) is 24.5 Å². The van der Waals surface area contributed by atoms with Crippen LogP contribution in [-0.2, 0) is 16.1 Å². The van der Waals surface area contributed by atoms with Crippen molar-refractivity contribution >= 4 is 11.7 Å². The number of hydrogen-bond acceptors (Lipinski definition) is 3. The van der Waals surface area contributed by atoms with Crippen LogP contribution in [0.25, 0.3) is 0 Å². The predicted molar refractivity (Wildman–Crippen MR) is 43.1 cm³/mol. The largest absolute Gasteiger partial charge is 1.00 e. The number of halogens is 1. The second kappa shape index (κ2) is 5.37. The lowest BCUT2D eigenvalue weighted by atomic mass is 10.4. The maximum absolute atomic E-state index is 10.8. The number of pyridine rings is 1. The highest BCUT2D eigenvalue weighted by atomic mass is 35.5. The van der Waals surface area contributed by atoms with Gasteiger partial charge in [0.15, 0.2) is 12.4 Å². The Labute approximate surface area is 82.7 Å². The van der Waals surface area contributed by atoms with Crippen LogP contribution in [-0.4, -0.2) is 13.1 Å². The summed E-state index contributed by atoms with van der Waals surface area (Å²) in [5, 5.41) is 0. The predicted octanol–water partition coefficient (Wildman–Crippen LogP) is -3.27. The molecule has 0 aliphatic rings. The van der Waals surface area contributed by atoms with Gasteiger partial charge in [0.2, 0.25) is 6.54 Å². The molecular formula is C8H11ClN2O2. The average Bonchev–Trinajstić information content (AvgIpc) is 2.09. The van der Waals surface area contributed by atoms with Gasteiger partial charge < -0.3 is 22.9 Å². The molecule has 0 aliphatic heterocycles. The van der Waals surface area contributed by atoms with Gasteiger partial charge in [0.05, 0.1) is 7.11 Å². The third kappa shape index (κ3) is 3.75. The second-order valence-corrected chi connectivity index (χ2v) is 2.38. The van der Waals surface area contributed by atoms with Crippen LogP contribution in [0, 0.1) is 0 Å². The summed E-state index contributed by atoms with van der Waals surface area (Å²) in [6, 6.07) is 3.45. The molecule has 0 bridgehead atoms. The Bertz CT molecular complexity index is 274. The Morgan fingerprint density at radius 3 is 2.54 bits per heavy atom. The van der Waals surface area contributed by atoms with Crippen LogP contribution in [0.2, 0.25) is 0 Å². The van der Waals surface area contributed by atoms with E-state index < -0.39 is 0 Å². The molecule has 0 amide bonds. The number of ether oxygens (including phenoxy) is 1. The van der Waals surface area contributed by atoms with Crippen molar-refractivity contribution in [2.45, 2.75) is 6.54 Å². The average molecular weight is 203 g/mol. The van der Waals surface area contributed by atoms with Crippen molar-refractivity contribution in [3.8, 4) is 0 Å². The molecule has 5 heteroatoms. The van der Waals surface area contributed by atoms with E-state index in [9.17, 15) is 4.79 Å². The molecule has 0 saturated heterocycles. The number of nitrogens with two attached hydrogens (primary N) is 1. The summed E-state index contributed by atoms with van der Waals surface area (Å²) in [6.07, 6.45) is 3.46. The van der Waals surface area contributed by atoms with E-state index in [2.05, 4.69) is 4.74 Å². The molecule has 1 heterocycles. The summed E-state index contributed by atoms with van der Waals surface area (Å²) in [5.74, 6) is -0.273. The fourth-order valence-corrected chi connectivity index (χ4v) is 0.788. The summed E-state index contributed by atoms with van der Waals surface area (Å²) in [7, 11) is 1.36. The highest BCUT2D eigenvalue weighted by Gasteiger charge is 2.07. The Morgan fingerprint density at radius 1 is 1.54 bits per heavy atom. The molecule has 0 unspecified atom stereocenters. The van der Waals surface area contributed by atoms with Crippen molar-refractivity contribution < 1.29 is 26.5 Å². The normalized spacial score (nSPS) is 8.69. The number of rotatable bonds is 2. The van der Waals surface area contributed by atoms with E-state index >= 15 is 0 Å². The van der Waals surface area contributed by atoms with Gasteiger partial charge in [-0.1, -0.05) is 0 Å². The standard InChI is InChI=1S/C8H10N2O2.ClH/c1-12-8(11)6-10-4-2-7(9)3-5-10;/h2-5,9H,6H2,1H3;1H. The van der Waals surface area contributed by atoms with Crippen LogP contribution < -0.4 is 22.7 Å². The van der Waals surface area contributed by atoms with Gasteiger partial charge in [-0.3, -0.25) is 0 Å². The number of esters is 1. The zero-order chi connectivity index (χ0) is 8.97. The first-order chi connectivity index (χ1) is 5.72. The first-order valence-electron chi connectivity index (χ1n) is 3.54. The molecule has 4 nitrogen and oxygen atoms in total. The number of methoxy groups -OCH3 is 1. The molecule has 2 N–H and O–H groups in total. The number of carbonyl (C=O) groups is 1. The first kappa shape index (κ1) is 11.7. The van der Waals surface area contributed by atoms with E-state index in [-0.39, 0.29) is 24.9 Å². The molecule has 72 valence electrons. The van der Waals surface area contributed by atoms with E-state index in [4.69, 9.17) is 5.73 Å². The Morgan fingerprint density at radius 2 is 2.08 bits per heavy atom. The van der Waals surface area contributed by atoms with Crippen molar-refractivity contribution in [2.75, 3.05) is 12.8 Å². The summed E-state index contributed by atoms with van der Waals surface area (Å²) < 4.78 is 6.19. The molecule has 13 heavy (non-hydrogen) atoms. The van der Waals surface area contributed by atoms with Gasteiger partial charge in [-0.05, 0) is 0 Å². The van der Waals surface area contributed by atoms with Crippen molar-refractivity contribution in [3.63, 3.8) is 0 Å². The topological polar surface area (TPSA) is 56.2 Å². The fourth-order valence-electron chi connectivity index (χ4n) is 0.788. The van der Waals surface area contributed by atoms with Crippen molar-refractivity contribution in [1.29, 1.82) is 0 Å². The lowest BCUT2D eigenvalue weighted by molar-refractivity contribution is -0.685. The molecule has 0 aliphatic carbocycles. The van der Waals surface area contributed by atoms with Gasteiger partial charge in [-0.2, -0.15) is 4.57 Å². The van der Waals surface area contributed by atoms with E-state index in [0.717, 1.165) is 0 Å². The molecule has 0 atom stereocenters. The Hall–Kier alpha value is -1.29. The van der Waals surface area contributed by atoms with Gasteiger partial charge in [0.25, 0.3) is 0 Å². The van der Waals surface area contributed by atoms with E-state index in [1.165, 1.54) is 7.11 Å². The molecule has 1 rings (SSSR count). The number of nitrogen functional groups attached to an aromatic ring is 1. The zero-order valence-electron chi connectivity index (χ0n) is 7.24. The van der Waals surface area contributed by atoms with Gasteiger partial charge in [0.1, 0.15) is 0 Å². The van der Waals surface area contributed by atoms with E-state index in [1.54, 1.807) is 29.1 Å². The van der Waals surface area contributed by atoms with Gasteiger partial charge >= 0.3 is 5.97 Å². The molecule has 0 saturated carbocycles. The number of carbonyl (C=O) groups excluding carboxylic acids is 1.